The number of carbonyl (C=O) groups excluding carboxylic acids is 1. The van der Waals surface area contributed by atoms with Crippen molar-refractivity contribution >= 4 is 16.8 Å². The third-order valence-electron chi connectivity index (χ3n) is 3.11. The number of aromatic nitrogens is 1. The molecule has 2 N–H and O–H groups in total. The summed E-state index contributed by atoms with van der Waals surface area (Å²) in [6, 6.07) is 8.39. The molecule has 3 nitrogen and oxygen atoms in total. The zero-order valence-corrected chi connectivity index (χ0v) is 11.2. The van der Waals surface area contributed by atoms with Crippen molar-refractivity contribution in [1.29, 1.82) is 0 Å². The fourth-order valence-corrected chi connectivity index (χ4v) is 2.09. The number of aromatic amines is 1. The summed E-state index contributed by atoms with van der Waals surface area (Å²) in [7, 11) is 0. The molecule has 18 heavy (non-hydrogen) atoms. The first-order chi connectivity index (χ1) is 8.58. The Balaban J connectivity index is 2.07. The van der Waals surface area contributed by atoms with Gasteiger partial charge in [-0.3, -0.25) is 4.79 Å². The lowest BCUT2D eigenvalue weighted by Gasteiger charge is -2.15. The number of amides is 1. The molecule has 1 amide bonds. The lowest BCUT2D eigenvalue weighted by molar-refractivity contribution is -0.124. The highest BCUT2D eigenvalue weighted by molar-refractivity contribution is 5.83. The van der Waals surface area contributed by atoms with Gasteiger partial charge in [-0.1, -0.05) is 32.0 Å². The largest absolute Gasteiger partial charge is 0.361 e. The molecule has 1 unspecified atom stereocenters. The van der Waals surface area contributed by atoms with Gasteiger partial charge in [-0.2, -0.15) is 0 Å². The molecule has 1 aromatic carbocycles. The zero-order chi connectivity index (χ0) is 13.1. The van der Waals surface area contributed by atoms with E-state index in [-0.39, 0.29) is 17.9 Å². The molecule has 0 saturated carbocycles. The summed E-state index contributed by atoms with van der Waals surface area (Å²) in [6.45, 7) is 5.86. The van der Waals surface area contributed by atoms with E-state index in [1.165, 1.54) is 10.9 Å². The molecule has 1 atom stereocenters. The topological polar surface area (TPSA) is 44.9 Å². The minimum absolute atomic E-state index is 0.0374. The third kappa shape index (κ3) is 2.73. The Morgan fingerprint density at radius 1 is 1.28 bits per heavy atom. The Bertz CT molecular complexity index is 542. The van der Waals surface area contributed by atoms with Crippen LogP contribution < -0.4 is 5.32 Å². The highest BCUT2D eigenvalue weighted by Gasteiger charge is 2.12. The molecule has 3 heteroatoms. The molecule has 0 bridgehead atoms. The molecule has 0 aliphatic heterocycles. The molecule has 0 aliphatic rings. The Morgan fingerprint density at radius 3 is 2.72 bits per heavy atom. The van der Waals surface area contributed by atoms with Crippen LogP contribution in [0.3, 0.4) is 0 Å². The van der Waals surface area contributed by atoms with E-state index in [1.54, 1.807) is 0 Å². The molecule has 1 aromatic heterocycles. The minimum atomic E-state index is 0.0374. The van der Waals surface area contributed by atoms with E-state index in [0.717, 1.165) is 11.9 Å². The molecular formula is C15H20N2O. The average molecular weight is 244 g/mol. The van der Waals surface area contributed by atoms with Crippen molar-refractivity contribution in [1.82, 2.24) is 10.3 Å². The maximum atomic E-state index is 11.6. The van der Waals surface area contributed by atoms with Gasteiger partial charge >= 0.3 is 0 Å². The van der Waals surface area contributed by atoms with E-state index in [4.69, 9.17) is 0 Å². The van der Waals surface area contributed by atoms with E-state index in [1.807, 2.05) is 39.1 Å². The molecular weight excluding hydrogens is 224 g/mol. The van der Waals surface area contributed by atoms with Crippen molar-refractivity contribution in [3.63, 3.8) is 0 Å². The monoisotopic (exact) mass is 244 g/mol. The van der Waals surface area contributed by atoms with Crippen LogP contribution in [0.2, 0.25) is 0 Å². The number of fused-ring (bicyclic) bond motifs is 1. The fourth-order valence-electron chi connectivity index (χ4n) is 2.09. The van der Waals surface area contributed by atoms with Gasteiger partial charge in [0, 0.05) is 29.1 Å². The van der Waals surface area contributed by atoms with Gasteiger partial charge in [0.05, 0.1) is 0 Å². The number of hydrogen-bond acceptors (Lipinski definition) is 1. The Morgan fingerprint density at radius 2 is 2.00 bits per heavy atom. The molecule has 1 heterocycles. The summed E-state index contributed by atoms with van der Waals surface area (Å²) in [6.07, 6.45) is 2.88. The molecule has 0 fully saturated rings. The Kier molecular flexibility index (Phi) is 3.70. The summed E-state index contributed by atoms with van der Waals surface area (Å²) in [5.74, 6) is 0.151. The van der Waals surface area contributed by atoms with E-state index >= 15 is 0 Å². The number of carbonyl (C=O) groups is 1. The van der Waals surface area contributed by atoms with E-state index in [9.17, 15) is 4.79 Å². The van der Waals surface area contributed by atoms with E-state index in [2.05, 4.69) is 22.4 Å². The number of rotatable bonds is 4. The first-order valence-electron chi connectivity index (χ1n) is 6.43. The van der Waals surface area contributed by atoms with Gasteiger partial charge in [-0.15, -0.1) is 0 Å². The molecule has 2 aromatic rings. The van der Waals surface area contributed by atoms with E-state index < -0.39 is 0 Å². The lowest BCUT2D eigenvalue weighted by atomic mass is 10.1. The van der Waals surface area contributed by atoms with Crippen molar-refractivity contribution in [2.75, 3.05) is 0 Å². The molecule has 0 aliphatic carbocycles. The summed E-state index contributed by atoms with van der Waals surface area (Å²) in [5.41, 5.74) is 2.40. The van der Waals surface area contributed by atoms with Crippen LogP contribution in [-0.2, 0) is 11.2 Å². The number of benzene rings is 1. The van der Waals surface area contributed by atoms with Crippen molar-refractivity contribution in [3.8, 4) is 0 Å². The van der Waals surface area contributed by atoms with Gasteiger partial charge in [0.25, 0.3) is 0 Å². The quantitative estimate of drug-likeness (QED) is 0.853. The summed E-state index contributed by atoms with van der Waals surface area (Å²) in [5, 5.41) is 4.27. The molecule has 0 saturated heterocycles. The first-order valence-corrected chi connectivity index (χ1v) is 6.43. The van der Waals surface area contributed by atoms with Gasteiger partial charge in [0.15, 0.2) is 0 Å². The van der Waals surface area contributed by atoms with Crippen LogP contribution in [-0.4, -0.2) is 16.9 Å². The Labute approximate surface area is 108 Å². The second-order valence-electron chi connectivity index (χ2n) is 5.13. The van der Waals surface area contributed by atoms with Crippen LogP contribution in [0.1, 0.15) is 26.3 Å². The summed E-state index contributed by atoms with van der Waals surface area (Å²) in [4.78, 5) is 14.9. The molecule has 0 radical (unpaired) electrons. The Hall–Kier alpha value is -1.77. The predicted octanol–water partition coefficient (Wildman–Crippen LogP) is 2.87. The van der Waals surface area contributed by atoms with Crippen LogP contribution in [0.25, 0.3) is 10.9 Å². The van der Waals surface area contributed by atoms with Gasteiger partial charge < -0.3 is 10.3 Å². The second kappa shape index (κ2) is 5.25. The normalized spacial score (nSPS) is 12.9. The van der Waals surface area contributed by atoms with Crippen molar-refractivity contribution in [2.45, 2.75) is 33.2 Å². The predicted molar refractivity (Wildman–Crippen MR) is 74.4 cm³/mol. The SMILES string of the molecule is CC(Cc1c[nH]c2ccccc12)NC(=O)C(C)C. The number of hydrogen-bond donors (Lipinski definition) is 2. The minimum Gasteiger partial charge on any atom is -0.361 e. The van der Waals surface area contributed by atoms with E-state index in [0.29, 0.717) is 0 Å². The van der Waals surface area contributed by atoms with Crippen molar-refractivity contribution in [2.24, 2.45) is 5.92 Å². The smallest absolute Gasteiger partial charge is 0.222 e. The summed E-state index contributed by atoms with van der Waals surface area (Å²) < 4.78 is 0. The highest BCUT2D eigenvalue weighted by Crippen LogP contribution is 2.19. The van der Waals surface area contributed by atoms with Gasteiger partial charge in [0.2, 0.25) is 5.91 Å². The van der Waals surface area contributed by atoms with Crippen molar-refractivity contribution < 1.29 is 4.79 Å². The molecule has 96 valence electrons. The van der Waals surface area contributed by atoms with Crippen LogP contribution in [0, 0.1) is 5.92 Å². The van der Waals surface area contributed by atoms with Crippen LogP contribution in [0.4, 0.5) is 0 Å². The molecule has 2 rings (SSSR count). The lowest BCUT2D eigenvalue weighted by Crippen LogP contribution is -2.36. The first kappa shape index (κ1) is 12.7. The zero-order valence-electron chi connectivity index (χ0n) is 11.2. The van der Waals surface area contributed by atoms with Crippen LogP contribution in [0.15, 0.2) is 30.5 Å². The van der Waals surface area contributed by atoms with Crippen LogP contribution in [0.5, 0.6) is 0 Å². The molecule has 0 spiro atoms. The van der Waals surface area contributed by atoms with Crippen molar-refractivity contribution in [3.05, 3.63) is 36.0 Å². The third-order valence-corrected chi connectivity index (χ3v) is 3.11. The second-order valence-corrected chi connectivity index (χ2v) is 5.13. The fraction of sp³-hybridized carbons (Fsp3) is 0.400. The number of H-pyrrole nitrogens is 1. The standard InChI is InChI=1S/C15H20N2O/c1-10(2)15(18)17-11(3)8-12-9-16-14-7-5-4-6-13(12)14/h4-7,9-11,16H,8H2,1-3H3,(H,17,18). The number of nitrogens with one attached hydrogen (secondary N) is 2. The van der Waals surface area contributed by atoms with Gasteiger partial charge in [0.1, 0.15) is 0 Å². The average Bonchev–Trinajstić information content (AvgIpc) is 2.72. The summed E-state index contributed by atoms with van der Waals surface area (Å²) >= 11 is 0. The van der Waals surface area contributed by atoms with Crippen LogP contribution >= 0.6 is 0 Å². The highest BCUT2D eigenvalue weighted by atomic mass is 16.1. The number of para-hydroxylation sites is 1. The maximum Gasteiger partial charge on any atom is 0.222 e. The maximum absolute atomic E-state index is 11.6. The van der Waals surface area contributed by atoms with Gasteiger partial charge in [-0.25, -0.2) is 0 Å². The van der Waals surface area contributed by atoms with Gasteiger partial charge in [-0.05, 0) is 25.0 Å².